The number of fused-ring (bicyclic) bond motifs is 1. The SMILES string of the molecule is C/C=C/c1cc(C(=O)N2CCn3c(C)nnc3C2)cc(OC)c1OC. The third-order valence-electron chi connectivity index (χ3n) is 4.33. The summed E-state index contributed by atoms with van der Waals surface area (Å²) in [7, 11) is 3.16. The molecule has 1 aromatic heterocycles. The van der Waals surface area contributed by atoms with Crippen LogP contribution in [0.3, 0.4) is 0 Å². The van der Waals surface area contributed by atoms with Crippen LogP contribution in [0, 0.1) is 6.92 Å². The molecule has 7 heteroatoms. The summed E-state index contributed by atoms with van der Waals surface area (Å²) in [4.78, 5) is 14.8. The average Bonchev–Trinajstić information content (AvgIpc) is 3.01. The lowest BCUT2D eigenvalue weighted by Crippen LogP contribution is -2.38. The Bertz CT molecular complexity index is 826. The van der Waals surface area contributed by atoms with E-state index in [4.69, 9.17) is 9.47 Å². The molecule has 0 spiro atoms. The highest BCUT2D eigenvalue weighted by Gasteiger charge is 2.25. The molecule has 1 aromatic carbocycles. The highest BCUT2D eigenvalue weighted by Crippen LogP contribution is 2.34. The highest BCUT2D eigenvalue weighted by molar-refractivity contribution is 5.96. The minimum absolute atomic E-state index is 0.0568. The summed E-state index contributed by atoms with van der Waals surface area (Å²) in [5.74, 6) is 2.79. The Morgan fingerprint density at radius 3 is 2.68 bits per heavy atom. The molecule has 0 saturated carbocycles. The molecule has 7 nitrogen and oxygen atoms in total. The molecule has 1 aliphatic heterocycles. The van der Waals surface area contributed by atoms with Gasteiger partial charge in [-0.2, -0.15) is 0 Å². The van der Waals surface area contributed by atoms with Crippen LogP contribution in [0.4, 0.5) is 0 Å². The lowest BCUT2D eigenvalue weighted by atomic mass is 10.1. The predicted octanol–water partition coefficient (Wildman–Crippen LogP) is 2.29. The maximum atomic E-state index is 13.0. The van der Waals surface area contributed by atoms with E-state index in [1.54, 1.807) is 25.2 Å². The van der Waals surface area contributed by atoms with Crippen LogP contribution < -0.4 is 9.47 Å². The van der Waals surface area contributed by atoms with E-state index in [-0.39, 0.29) is 5.91 Å². The molecule has 1 aliphatic rings. The Morgan fingerprint density at radius 2 is 2.00 bits per heavy atom. The summed E-state index contributed by atoms with van der Waals surface area (Å²) in [5, 5.41) is 8.24. The van der Waals surface area contributed by atoms with Gasteiger partial charge < -0.3 is 18.9 Å². The van der Waals surface area contributed by atoms with Crippen molar-refractivity contribution in [3.8, 4) is 11.5 Å². The molecule has 0 unspecified atom stereocenters. The van der Waals surface area contributed by atoms with Crippen molar-refractivity contribution in [2.75, 3.05) is 20.8 Å². The summed E-state index contributed by atoms with van der Waals surface area (Å²) >= 11 is 0. The zero-order chi connectivity index (χ0) is 18.0. The molecule has 0 aliphatic carbocycles. The van der Waals surface area contributed by atoms with Crippen LogP contribution in [0.25, 0.3) is 6.08 Å². The van der Waals surface area contributed by atoms with E-state index in [1.807, 2.05) is 36.6 Å². The first kappa shape index (κ1) is 17.0. The van der Waals surface area contributed by atoms with Gasteiger partial charge in [-0.1, -0.05) is 12.2 Å². The number of amides is 1. The van der Waals surface area contributed by atoms with E-state index < -0.39 is 0 Å². The summed E-state index contributed by atoms with van der Waals surface area (Å²) in [5.41, 5.74) is 1.37. The van der Waals surface area contributed by atoms with E-state index in [1.165, 1.54) is 0 Å². The Kier molecular flexibility index (Phi) is 4.74. The molecule has 2 aromatic rings. The number of aromatic nitrogens is 3. The number of hydrogen-bond acceptors (Lipinski definition) is 5. The maximum absolute atomic E-state index is 13.0. The summed E-state index contributed by atoms with van der Waals surface area (Å²) in [6, 6.07) is 3.55. The molecule has 132 valence electrons. The summed E-state index contributed by atoms with van der Waals surface area (Å²) in [6.45, 7) is 5.62. The van der Waals surface area contributed by atoms with Crippen molar-refractivity contribution in [2.45, 2.75) is 26.9 Å². The smallest absolute Gasteiger partial charge is 0.254 e. The fraction of sp³-hybridized carbons (Fsp3) is 0.389. The fourth-order valence-electron chi connectivity index (χ4n) is 3.08. The largest absolute Gasteiger partial charge is 0.493 e. The van der Waals surface area contributed by atoms with Crippen LogP contribution in [0.5, 0.6) is 11.5 Å². The lowest BCUT2D eigenvalue weighted by molar-refractivity contribution is 0.0706. The van der Waals surface area contributed by atoms with Crippen LogP contribution in [0.2, 0.25) is 0 Å². The van der Waals surface area contributed by atoms with Gasteiger partial charge in [0.25, 0.3) is 5.91 Å². The van der Waals surface area contributed by atoms with Crippen molar-refractivity contribution in [3.05, 3.63) is 41.0 Å². The molecular formula is C18H22N4O3. The average molecular weight is 342 g/mol. The number of methoxy groups -OCH3 is 2. The van der Waals surface area contributed by atoms with E-state index in [0.717, 1.165) is 17.2 Å². The Hall–Kier alpha value is -2.83. The van der Waals surface area contributed by atoms with Crippen molar-refractivity contribution in [1.82, 2.24) is 19.7 Å². The predicted molar refractivity (Wildman–Crippen MR) is 93.8 cm³/mol. The highest BCUT2D eigenvalue weighted by atomic mass is 16.5. The van der Waals surface area contributed by atoms with Crippen molar-refractivity contribution in [1.29, 1.82) is 0 Å². The van der Waals surface area contributed by atoms with Crippen molar-refractivity contribution >= 4 is 12.0 Å². The quantitative estimate of drug-likeness (QED) is 0.853. The monoisotopic (exact) mass is 342 g/mol. The van der Waals surface area contributed by atoms with E-state index in [2.05, 4.69) is 10.2 Å². The number of nitrogens with zero attached hydrogens (tertiary/aromatic N) is 4. The van der Waals surface area contributed by atoms with Gasteiger partial charge in [-0.05, 0) is 26.0 Å². The number of allylic oxidation sites excluding steroid dienone is 1. The number of ether oxygens (including phenoxy) is 2. The van der Waals surface area contributed by atoms with Crippen molar-refractivity contribution in [2.24, 2.45) is 0 Å². The topological polar surface area (TPSA) is 69.5 Å². The summed E-state index contributed by atoms with van der Waals surface area (Å²) in [6.07, 6.45) is 3.80. The first-order valence-electron chi connectivity index (χ1n) is 8.15. The van der Waals surface area contributed by atoms with E-state index in [0.29, 0.717) is 36.7 Å². The number of hydrogen-bond donors (Lipinski definition) is 0. The molecule has 0 bridgehead atoms. The Balaban J connectivity index is 1.93. The molecule has 0 radical (unpaired) electrons. The molecule has 1 amide bonds. The number of carbonyl (C=O) groups excluding carboxylic acids is 1. The molecule has 3 rings (SSSR count). The van der Waals surface area contributed by atoms with Gasteiger partial charge in [0, 0.05) is 24.2 Å². The van der Waals surface area contributed by atoms with E-state index >= 15 is 0 Å². The van der Waals surface area contributed by atoms with Gasteiger partial charge in [-0.25, -0.2) is 0 Å². The second kappa shape index (κ2) is 6.96. The molecular weight excluding hydrogens is 320 g/mol. The van der Waals surface area contributed by atoms with Gasteiger partial charge in [0.15, 0.2) is 17.3 Å². The van der Waals surface area contributed by atoms with Gasteiger partial charge >= 0.3 is 0 Å². The van der Waals surface area contributed by atoms with Crippen LogP contribution in [0.15, 0.2) is 18.2 Å². The second-order valence-corrected chi connectivity index (χ2v) is 5.84. The minimum Gasteiger partial charge on any atom is -0.493 e. The van der Waals surface area contributed by atoms with Crippen molar-refractivity contribution in [3.63, 3.8) is 0 Å². The van der Waals surface area contributed by atoms with Gasteiger partial charge in [-0.15, -0.1) is 10.2 Å². The number of benzene rings is 1. The van der Waals surface area contributed by atoms with Gasteiger partial charge in [0.1, 0.15) is 5.82 Å². The third-order valence-corrected chi connectivity index (χ3v) is 4.33. The number of aryl methyl sites for hydroxylation is 1. The first-order chi connectivity index (χ1) is 12.1. The second-order valence-electron chi connectivity index (χ2n) is 5.84. The first-order valence-corrected chi connectivity index (χ1v) is 8.15. The lowest BCUT2D eigenvalue weighted by Gasteiger charge is -2.28. The molecule has 0 atom stereocenters. The van der Waals surface area contributed by atoms with Gasteiger partial charge in [-0.3, -0.25) is 4.79 Å². The molecule has 0 fully saturated rings. The fourth-order valence-corrected chi connectivity index (χ4v) is 3.08. The van der Waals surface area contributed by atoms with Crippen LogP contribution in [-0.4, -0.2) is 46.3 Å². The maximum Gasteiger partial charge on any atom is 0.254 e. The van der Waals surface area contributed by atoms with Gasteiger partial charge in [0.05, 0.1) is 20.8 Å². The minimum atomic E-state index is -0.0568. The number of carbonyl (C=O) groups is 1. The molecule has 2 heterocycles. The molecule has 0 N–H and O–H groups in total. The normalized spacial score (nSPS) is 13.8. The van der Waals surface area contributed by atoms with E-state index in [9.17, 15) is 4.79 Å². The Labute approximate surface area is 146 Å². The van der Waals surface area contributed by atoms with Crippen LogP contribution >= 0.6 is 0 Å². The molecule has 25 heavy (non-hydrogen) atoms. The zero-order valence-corrected chi connectivity index (χ0v) is 14.9. The third kappa shape index (κ3) is 3.09. The molecule has 0 saturated heterocycles. The summed E-state index contributed by atoms with van der Waals surface area (Å²) < 4.78 is 12.9. The Morgan fingerprint density at radius 1 is 1.20 bits per heavy atom. The van der Waals surface area contributed by atoms with Gasteiger partial charge in [0.2, 0.25) is 0 Å². The van der Waals surface area contributed by atoms with Crippen LogP contribution in [-0.2, 0) is 13.1 Å². The number of rotatable bonds is 4. The zero-order valence-electron chi connectivity index (χ0n) is 14.9. The van der Waals surface area contributed by atoms with Crippen LogP contribution in [0.1, 0.15) is 34.5 Å². The van der Waals surface area contributed by atoms with Crippen molar-refractivity contribution < 1.29 is 14.3 Å². The standard InChI is InChI=1S/C18H22N4O3/c1-5-6-13-9-14(10-15(24-3)17(13)25-4)18(23)21-7-8-22-12(2)19-20-16(22)11-21/h5-6,9-10H,7-8,11H2,1-4H3/b6-5+.